The van der Waals surface area contributed by atoms with Gasteiger partial charge >= 0.3 is 13.7 Å². The van der Waals surface area contributed by atoms with Gasteiger partial charge in [-0.25, -0.2) is 4.79 Å². The molecule has 0 aliphatic rings. The number of hydrogen-bond donors (Lipinski definition) is 2. The molecular weight excluding hydrogens is 297 g/mol. The molecule has 0 spiro atoms. The standard InChI is InChI=1S/C13H24NO6P/c1-6-8-10(14-12(16)20-13(3,4)5)11(15)9-21(17,18)19-7-2/h6,10H,1,7-9H2,2-5H3,(H,14,16)(H,17,18). The molecule has 0 heterocycles. The molecule has 21 heavy (non-hydrogen) atoms. The smallest absolute Gasteiger partial charge is 0.408 e. The predicted molar refractivity (Wildman–Crippen MR) is 79.3 cm³/mol. The van der Waals surface area contributed by atoms with Crippen molar-refractivity contribution in [3.63, 3.8) is 0 Å². The molecule has 122 valence electrons. The van der Waals surface area contributed by atoms with Crippen LogP contribution in [0.4, 0.5) is 4.79 Å². The van der Waals surface area contributed by atoms with Crippen LogP contribution in [0.25, 0.3) is 0 Å². The first-order valence-corrected chi connectivity index (χ1v) is 8.36. The van der Waals surface area contributed by atoms with Crippen molar-refractivity contribution in [2.45, 2.75) is 45.8 Å². The third-order valence-electron chi connectivity index (χ3n) is 2.17. The van der Waals surface area contributed by atoms with Gasteiger partial charge in [-0.3, -0.25) is 9.36 Å². The zero-order valence-corrected chi connectivity index (χ0v) is 13.8. The van der Waals surface area contributed by atoms with E-state index in [1.165, 1.54) is 6.08 Å². The van der Waals surface area contributed by atoms with Gasteiger partial charge in [0.2, 0.25) is 0 Å². The zero-order valence-electron chi connectivity index (χ0n) is 12.9. The predicted octanol–water partition coefficient (Wildman–Crippen LogP) is 2.25. The molecule has 2 N–H and O–H groups in total. The molecule has 0 saturated carbocycles. The van der Waals surface area contributed by atoms with E-state index in [1.54, 1.807) is 27.7 Å². The van der Waals surface area contributed by atoms with E-state index >= 15 is 0 Å². The maximum atomic E-state index is 12.0. The van der Waals surface area contributed by atoms with Crippen molar-refractivity contribution in [3.8, 4) is 0 Å². The number of amides is 1. The molecule has 0 fully saturated rings. The largest absolute Gasteiger partial charge is 0.444 e. The average Bonchev–Trinajstić information content (AvgIpc) is 2.24. The van der Waals surface area contributed by atoms with Crippen LogP contribution in [0.1, 0.15) is 34.1 Å². The number of carbonyl (C=O) groups excluding carboxylic acids is 2. The average molecular weight is 321 g/mol. The molecule has 8 heteroatoms. The van der Waals surface area contributed by atoms with Crippen LogP contribution < -0.4 is 5.32 Å². The monoisotopic (exact) mass is 321 g/mol. The molecule has 0 rings (SSSR count). The van der Waals surface area contributed by atoms with Crippen molar-refractivity contribution in [1.29, 1.82) is 0 Å². The van der Waals surface area contributed by atoms with Crippen molar-refractivity contribution in [2.24, 2.45) is 0 Å². The quantitative estimate of drug-likeness (QED) is 0.525. The second-order valence-electron chi connectivity index (χ2n) is 5.40. The topological polar surface area (TPSA) is 102 Å². The Kier molecular flexibility index (Phi) is 7.85. The Morgan fingerprint density at radius 3 is 2.43 bits per heavy atom. The summed E-state index contributed by atoms with van der Waals surface area (Å²) in [4.78, 5) is 33.1. The molecule has 7 nitrogen and oxygen atoms in total. The number of hydrogen-bond acceptors (Lipinski definition) is 5. The van der Waals surface area contributed by atoms with Crippen LogP contribution in [0.15, 0.2) is 12.7 Å². The van der Waals surface area contributed by atoms with Gasteiger partial charge in [0.1, 0.15) is 11.8 Å². The minimum absolute atomic E-state index is 0.0205. The SMILES string of the molecule is C=CCC(NC(=O)OC(C)(C)C)C(=O)CP(=O)(O)OCC. The van der Waals surface area contributed by atoms with Crippen molar-refractivity contribution in [2.75, 3.05) is 12.8 Å². The van der Waals surface area contributed by atoms with Crippen LogP contribution in [0, 0.1) is 0 Å². The van der Waals surface area contributed by atoms with Gasteiger partial charge in [0, 0.05) is 0 Å². The molecule has 0 aromatic heterocycles. The summed E-state index contributed by atoms with van der Waals surface area (Å²) >= 11 is 0. The van der Waals surface area contributed by atoms with Crippen LogP contribution in [-0.2, 0) is 18.6 Å². The number of Topliss-reactive ketones (excluding diaryl/α,β-unsaturated/α-hetero) is 1. The lowest BCUT2D eigenvalue weighted by molar-refractivity contribution is -0.118. The molecule has 2 atom stereocenters. The summed E-state index contributed by atoms with van der Waals surface area (Å²) in [7, 11) is -3.99. The van der Waals surface area contributed by atoms with E-state index in [1.807, 2.05) is 0 Å². The van der Waals surface area contributed by atoms with Crippen LogP contribution in [-0.4, -0.2) is 41.2 Å². The highest BCUT2D eigenvalue weighted by Gasteiger charge is 2.30. The molecule has 0 bridgehead atoms. The molecule has 0 aliphatic heterocycles. The molecule has 2 unspecified atom stereocenters. The Bertz CT molecular complexity index is 429. The number of rotatable bonds is 8. The van der Waals surface area contributed by atoms with Gasteiger partial charge in [-0.05, 0) is 34.1 Å². The van der Waals surface area contributed by atoms with Gasteiger partial charge in [-0.15, -0.1) is 6.58 Å². The van der Waals surface area contributed by atoms with Gasteiger partial charge in [-0.2, -0.15) is 0 Å². The van der Waals surface area contributed by atoms with Gasteiger partial charge in [0.25, 0.3) is 0 Å². The van der Waals surface area contributed by atoms with E-state index < -0.39 is 37.3 Å². The van der Waals surface area contributed by atoms with Gasteiger partial charge in [0.15, 0.2) is 5.78 Å². The fourth-order valence-corrected chi connectivity index (χ4v) is 2.55. The van der Waals surface area contributed by atoms with Crippen LogP contribution in [0.3, 0.4) is 0 Å². The van der Waals surface area contributed by atoms with Crippen LogP contribution >= 0.6 is 7.60 Å². The Labute approximate surface area is 125 Å². The number of nitrogens with one attached hydrogen (secondary N) is 1. The lowest BCUT2D eigenvalue weighted by Crippen LogP contribution is -2.44. The summed E-state index contributed by atoms with van der Waals surface area (Å²) in [6, 6.07) is -0.974. The molecule has 0 saturated heterocycles. The third-order valence-corrected chi connectivity index (χ3v) is 3.54. The fourth-order valence-electron chi connectivity index (χ4n) is 1.44. The van der Waals surface area contributed by atoms with Gasteiger partial charge in [-0.1, -0.05) is 6.08 Å². The molecule has 1 amide bonds. The normalized spacial score (nSPS) is 15.7. The van der Waals surface area contributed by atoms with Crippen LogP contribution in [0.2, 0.25) is 0 Å². The first-order valence-electron chi connectivity index (χ1n) is 6.60. The molecular formula is C13H24NO6P. The Morgan fingerprint density at radius 1 is 1.43 bits per heavy atom. The van der Waals surface area contributed by atoms with E-state index in [0.717, 1.165) is 0 Å². The third kappa shape index (κ3) is 9.39. The van der Waals surface area contributed by atoms with E-state index in [-0.39, 0.29) is 13.0 Å². The van der Waals surface area contributed by atoms with E-state index in [0.29, 0.717) is 0 Å². The lowest BCUT2D eigenvalue weighted by atomic mass is 10.1. The minimum atomic E-state index is -3.99. The minimum Gasteiger partial charge on any atom is -0.444 e. The summed E-state index contributed by atoms with van der Waals surface area (Å²) in [6.45, 7) is 10.1. The fraction of sp³-hybridized carbons (Fsp3) is 0.692. The highest BCUT2D eigenvalue weighted by atomic mass is 31.2. The summed E-state index contributed by atoms with van der Waals surface area (Å²) in [6.07, 6.45) is 0.120. The van der Waals surface area contributed by atoms with E-state index in [4.69, 9.17) is 4.74 Å². The molecule has 0 aromatic rings. The zero-order chi connectivity index (χ0) is 16.7. The second-order valence-corrected chi connectivity index (χ2v) is 7.25. The first kappa shape index (κ1) is 19.8. The number of ether oxygens (including phenoxy) is 1. The van der Waals surface area contributed by atoms with Crippen molar-refractivity contribution in [3.05, 3.63) is 12.7 Å². The summed E-state index contributed by atoms with van der Waals surface area (Å²) in [5.74, 6) is -0.611. The Morgan fingerprint density at radius 2 is 2.00 bits per heavy atom. The van der Waals surface area contributed by atoms with E-state index in [9.17, 15) is 19.0 Å². The Hall–Kier alpha value is -1.17. The lowest BCUT2D eigenvalue weighted by Gasteiger charge is -2.23. The maximum Gasteiger partial charge on any atom is 0.408 e. The Balaban J connectivity index is 4.74. The maximum absolute atomic E-state index is 12.0. The van der Waals surface area contributed by atoms with Gasteiger partial charge < -0.3 is 19.5 Å². The second kappa shape index (κ2) is 8.32. The number of ketones is 1. The highest BCUT2D eigenvalue weighted by Crippen LogP contribution is 2.41. The summed E-state index contributed by atoms with van der Waals surface area (Å²) in [5.41, 5.74) is -0.705. The van der Waals surface area contributed by atoms with Crippen LogP contribution in [0.5, 0.6) is 0 Å². The van der Waals surface area contributed by atoms with Crippen molar-refractivity contribution in [1.82, 2.24) is 5.32 Å². The first-order chi connectivity index (χ1) is 9.50. The summed E-state index contributed by atoms with van der Waals surface area (Å²) < 4.78 is 21.3. The van der Waals surface area contributed by atoms with Gasteiger partial charge in [0.05, 0.1) is 12.6 Å². The highest BCUT2D eigenvalue weighted by molar-refractivity contribution is 7.53. The summed E-state index contributed by atoms with van der Waals surface area (Å²) in [5, 5.41) is 2.37. The van der Waals surface area contributed by atoms with E-state index in [2.05, 4.69) is 16.4 Å². The van der Waals surface area contributed by atoms with Crippen molar-refractivity contribution < 1.29 is 28.3 Å². The molecule has 0 radical (unpaired) electrons. The molecule has 0 aromatic carbocycles. The molecule has 0 aliphatic carbocycles. The number of alkyl carbamates (subject to hydrolysis) is 1. The van der Waals surface area contributed by atoms with Crippen molar-refractivity contribution >= 4 is 19.5 Å². The number of carbonyl (C=O) groups is 2.